The Morgan fingerprint density at radius 3 is 3.22 bits per heavy atom. The molecule has 0 amide bonds. The predicted octanol–water partition coefficient (Wildman–Crippen LogP) is 0.665. The zero-order valence-electron chi connectivity index (χ0n) is 10.1. The number of morpholine rings is 1. The van der Waals surface area contributed by atoms with E-state index >= 15 is 0 Å². The van der Waals surface area contributed by atoms with Crippen LogP contribution in [0.15, 0.2) is 12.3 Å². The molecule has 1 aromatic heterocycles. The van der Waals surface area contributed by atoms with E-state index in [2.05, 4.69) is 10.3 Å². The number of pyridine rings is 1. The molecule has 1 atom stereocenters. The van der Waals surface area contributed by atoms with Crippen LogP contribution in [0, 0.1) is 17.0 Å². The molecule has 1 N–H and O–H groups in total. The Morgan fingerprint density at radius 1 is 1.72 bits per heavy atom. The van der Waals surface area contributed by atoms with Gasteiger partial charge in [-0.05, 0) is 6.92 Å². The summed E-state index contributed by atoms with van der Waals surface area (Å²) in [6.45, 7) is 4.18. The molecule has 0 saturated carbocycles. The molecule has 1 aliphatic heterocycles. The summed E-state index contributed by atoms with van der Waals surface area (Å²) < 4.78 is 10.9. The second-order valence-corrected chi connectivity index (χ2v) is 4.07. The first-order valence-corrected chi connectivity index (χ1v) is 5.73. The lowest BCUT2D eigenvalue weighted by molar-refractivity contribution is -0.385. The summed E-state index contributed by atoms with van der Waals surface area (Å²) in [4.78, 5) is 14.3. The number of ether oxygens (including phenoxy) is 2. The maximum atomic E-state index is 10.8. The molecule has 1 saturated heterocycles. The van der Waals surface area contributed by atoms with Gasteiger partial charge in [0.1, 0.15) is 12.7 Å². The van der Waals surface area contributed by atoms with Gasteiger partial charge in [-0.15, -0.1) is 0 Å². The van der Waals surface area contributed by atoms with Crippen LogP contribution in [0.4, 0.5) is 5.69 Å². The number of nitrogens with zero attached hydrogens (tertiary/aromatic N) is 2. The van der Waals surface area contributed by atoms with Crippen molar-refractivity contribution in [3.63, 3.8) is 0 Å². The van der Waals surface area contributed by atoms with Gasteiger partial charge in [0, 0.05) is 24.8 Å². The van der Waals surface area contributed by atoms with Gasteiger partial charge < -0.3 is 14.8 Å². The third-order valence-corrected chi connectivity index (χ3v) is 2.67. The van der Waals surface area contributed by atoms with Crippen molar-refractivity contribution in [1.29, 1.82) is 0 Å². The Balaban J connectivity index is 1.96. The summed E-state index contributed by atoms with van der Waals surface area (Å²) in [6.07, 6.45) is 1.40. The third-order valence-electron chi connectivity index (χ3n) is 2.67. The molecule has 1 aliphatic rings. The van der Waals surface area contributed by atoms with Crippen molar-refractivity contribution in [2.45, 2.75) is 13.0 Å². The summed E-state index contributed by atoms with van der Waals surface area (Å²) in [5.41, 5.74) is 0.533. The van der Waals surface area contributed by atoms with Crippen molar-refractivity contribution in [1.82, 2.24) is 10.3 Å². The van der Waals surface area contributed by atoms with Crippen LogP contribution >= 0.6 is 0 Å². The molecule has 18 heavy (non-hydrogen) atoms. The lowest BCUT2D eigenvalue weighted by Crippen LogP contribution is -2.41. The molecular weight excluding hydrogens is 238 g/mol. The van der Waals surface area contributed by atoms with E-state index in [1.54, 1.807) is 6.92 Å². The summed E-state index contributed by atoms with van der Waals surface area (Å²) in [7, 11) is 0. The number of aromatic nitrogens is 1. The number of nitro groups is 1. The largest absolute Gasteiger partial charge is 0.475 e. The maximum Gasteiger partial charge on any atom is 0.279 e. The van der Waals surface area contributed by atoms with E-state index in [1.807, 2.05) is 0 Å². The van der Waals surface area contributed by atoms with Crippen molar-refractivity contribution >= 4 is 5.69 Å². The van der Waals surface area contributed by atoms with Crippen LogP contribution < -0.4 is 10.1 Å². The highest BCUT2D eigenvalue weighted by atomic mass is 16.6. The highest BCUT2D eigenvalue weighted by Crippen LogP contribution is 2.21. The van der Waals surface area contributed by atoms with Crippen molar-refractivity contribution in [3.8, 4) is 5.88 Å². The highest BCUT2D eigenvalue weighted by molar-refractivity contribution is 5.40. The van der Waals surface area contributed by atoms with Gasteiger partial charge in [-0.3, -0.25) is 10.1 Å². The van der Waals surface area contributed by atoms with E-state index in [1.165, 1.54) is 12.3 Å². The van der Waals surface area contributed by atoms with E-state index in [0.717, 1.165) is 6.54 Å². The minimum Gasteiger partial charge on any atom is -0.475 e. The van der Waals surface area contributed by atoms with E-state index in [9.17, 15) is 10.1 Å². The first kappa shape index (κ1) is 12.7. The van der Waals surface area contributed by atoms with Crippen molar-refractivity contribution in [3.05, 3.63) is 27.9 Å². The van der Waals surface area contributed by atoms with Crippen LogP contribution in [-0.2, 0) is 4.74 Å². The highest BCUT2D eigenvalue weighted by Gasteiger charge is 2.16. The van der Waals surface area contributed by atoms with Crippen LogP contribution in [0.1, 0.15) is 5.56 Å². The molecule has 0 radical (unpaired) electrons. The van der Waals surface area contributed by atoms with Crippen LogP contribution in [0.3, 0.4) is 0 Å². The number of aryl methyl sites for hydroxylation is 1. The van der Waals surface area contributed by atoms with Gasteiger partial charge in [0.15, 0.2) is 0 Å². The molecule has 1 fully saturated rings. The first-order chi connectivity index (χ1) is 8.66. The average Bonchev–Trinajstić information content (AvgIpc) is 2.38. The Morgan fingerprint density at radius 2 is 2.56 bits per heavy atom. The van der Waals surface area contributed by atoms with Crippen molar-refractivity contribution in [2.24, 2.45) is 0 Å². The zero-order valence-corrected chi connectivity index (χ0v) is 10.1. The van der Waals surface area contributed by atoms with E-state index in [0.29, 0.717) is 25.3 Å². The Hall–Kier alpha value is -1.73. The summed E-state index contributed by atoms with van der Waals surface area (Å²) >= 11 is 0. The number of rotatable bonds is 4. The van der Waals surface area contributed by atoms with Gasteiger partial charge in [0.2, 0.25) is 5.88 Å². The fourth-order valence-corrected chi connectivity index (χ4v) is 1.68. The number of nitrogens with one attached hydrogen (secondary N) is 1. The molecule has 7 nitrogen and oxygen atoms in total. The van der Waals surface area contributed by atoms with Gasteiger partial charge in [0.25, 0.3) is 5.69 Å². The van der Waals surface area contributed by atoms with Crippen LogP contribution in [-0.4, -0.2) is 42.3 Å². The normalized spacial score (nSPS) is 19.5. The molecule has 0 bridgehead atoms. The van der Waals surface area contributed by atoms with Crippen molar-refractivity contribution < 1.29 is 14.4 Å². The number of hydrogen-bond acceptors (Lipinski definition) is 6. The molecule has 0 spiro atoms. The molecule has 0 aliphatic carbocycles. The van der Waals surface area contributed by atoms with Gasteiger partial charge in [0.05, 0.1) is 17.6 Å². The molecular formula is C11H15N3O4. The quantitative estimate of drug-likeness (QED) is 0.626. The van der Waals surface area contributed by atoms with E-state index in [-0.39, 0.29) is 17.7 Å². The lowest BCUT2D eigenvalue weighted by atomic mass is 10.2. The molecule has 98 valence electrons. The second kappa shape index (κ2) is 5.74. The van der Waals surface area contributed by atoms with Crippen LogP contribution in [0.2, 0.25) is 0 Å². The monoisotopic (exact) mass is 253 g/mol. The van der Waals surface area contributed by atoms with Crippen LogP contribution in [0.25, 0.3) is 0 Å². The second-order valence-electron chi connectivity index (χ2n) is 4.07. The topological polar surface area (TPSA) is 86.5 Å². The van der Waals surface area contributed by atoms with Gasteiger partial charge in [-0.25, -0.2) is 4.98 Å². The Kier molecular flexibility index (Phi) is 4.06. The molecule has 2 rings (SSSR count). The molecule has 2 heterocycles. The van der Waals surface area contributed by atoms with E-state index in [4.69, 9.17) is 9.47 Å². The van der Waals surface area contributed by atoms with Gasteiger partial charge >= 0.3 is 0 Å². The molecule has 1 aromatic rings. The lowest BCUT2D eigenvalue weighted by Gasteiger charge is -2.23. The van der Waals surface area contributed by atoms with Gasteiger partial charge in [-0.2, -0.15) is 0 Å². The fraction of sp³-hybridized carbons (Fsp3) is 0.545. The third kappa shape index (κ3) is 3.14. The number of hydrogen-bond donors (Lipinski definition) is 1. The average molecular weight is 253 g/mol. The van der Waals surface area contributed by atoms with Crippen LogP contribution in [0.5, 0.6) is 5.88 Å². The minimum absolute atomic E-state index is 0.0164. The molecule has 7 heteroatoms. The summed E-state index contributed by atoms with van der Waals surface area (Å²) in [6, 6.07) is 1.34. The maximum absolute atomic E-state index is 10.8. The fourth-order valence-electron chi connectivity index (χ4n) is 1.68. The Bertz CT molecular complexity index is 432. The van der Waals surface area contributed by atoms with Gasteiger partial charge in [-0.1, -0.05) is 0 Å². The van der Waals surface area contributed by atoms with E-state index < -0.39 is 4.92 Å². The SMILES string of the molecule is Cc1cnc(OCC2CNCCO2)cc1[N+](=O)[O-]. The smallest absolute Gasteiger partial charge is 0.279 e. The molecule has 0 aromatic carbocycles. The first-order valence-electron chi connectivity index (χ1n) is 5.73. The summed E-state index contributed by atoms with van der Waals surface area (Å²) in [5, 5.41) is 13.9. The zero-order chi connectivity index (χ0) is 13.0. The summed E-state index contributed by atoms with van der Waals surface area (Å²) in [5.74, 6) is 0.251. The minimum atomic E-state index is -0.442. The standard InChI is InChI=1S/C11H15N3O4/c1-8-5-13-11(4-10(8)14(15)16)18-7-9-6-12-2-3-17-9/h4-5,9,12H,2-3,6-7H2,1H3. The van der Waals surface area contributed by atoms with Crippen molar-refractivity contribution in [2.75, 3.05) is 26.3 Å². The predicted molar refractivity (Wildman–Crippen MR) is 63.7 cm³/mol. The molecule has 1 unspecified atom stereocenters. The Labute approximate surface area is 104 Å².